The Bertz CT molecular complexity index is 943. The summed E-state index contributed by atoms with van der Waals surface area (Å²) >= 11 is 8.03. The molecular formula is C18H12ClN3S. The van der Waals surface area contributed by atoms with Gasteiger partial charge in [0.05, 0.1) is 22.3 Å². The number of anilines is 1. The van der Waals surface area contributed by atoms with Crippen molar-refractivity contribution in [3.8, 4) is 6.07 Å². The number of nitriles is 1. The molecule has 0 bridgehead atoms. The molecule has 0 spiro atoms. The topological polar surface area (TPSA) is 39.9 Å². The van der Waals surface area contributed by atoms with Crippen molar-refractivity contribution >= 4 is 40.0 Å². The standard InChI is InChI=1S/C18H12ClN3S/c19-15-11-21-10-14-2-1-3-17(18(14)15)23-22-7-6-13-5-4-12(9-20)8-16(13)22/h1-5,8,10-11H,6-7H2. The molecule has 23 heavy (non-hydrogen) atoms. The Labute approximate surface area is 143 Å². The van der Waals surface area contributed by atoms with Gasteiger partial charge in [-0.1, -0.05) is 29.8 Å². The van der Waals surface area contributed by atoms with Gasteiger partial charge in [-0.05, 0) is 42.1 Å². The number of fused-ring (bicyclic) bond motifs is 2. The molecule has 0 saturated carbocycles. The van der Waals surface area contributed by atoms with Crippen molar-refractivity contribution in [2.75, 3.05) is 10.8 Å². The summed E-state index contributed by atoms with van der Waals surface area (Å²) in [5.74, 6) is 0. The molecule has 1 aliphatic rings. The third kappa shape index (κ3) is 2.52. The Morgan fingerprint density at radius 2 is 2.13 bits per heavy atom. The number of hydrogen-bond acceptors (Lipinski definition) is 4. The molecule has 1 aromatic heterocycles. The van der Waals surface area contributed by atoms with Gasteiger partial charge in [-0.15, -0.1) is 0 Å². The van der Waals surface area contributed by atoms with Gasteiger partial charge in [-0.3, -0.25) is 4.98 Å². The Hall–Kier alpha value is -2.22. The average Bonchev–Trinajstić information content (AvgIpc) is 2.97. The summed E-state index contributed by atoms with van der Waals surface area (Å²) < 4.78 is 2.24. The number of nitrogens with zero attached hydrogens (tertiary/aromatic N) is 3. The zero-order valence-electron chi connectivity index (χ0n) is 12.2. The van der Waals surface area contributed by atoms with Crippen LogP contribution in [-0.2, 0) is 6.42 Å². The molecule has 1 aliphatic heterocycles. The normalized spacial score (nSPS) is 13.1. The zero-order chi connectivity index (χ0) is 15.8. The van der Waals surface area contributed by atoms with Crippen LogP contribution in [0.4, 0.5) is 5.69 Å². The van der Waals surface area contributed by atoms with E-state index in [-0.39, 0.29) is 0 Å². The molecule has 0 atom stereocenters. The second-order valence-electron chi connectivity index (χ2n) is 5.37. The van der Waals surface area contributed by atoms with E-state index < -0.39 is 0 Å². The molecule has 3 nitrogen and oxygen atoms in total. The van der Waals surface area contributed by atoms with Crippen molar-refractivity contribution in [2.45, 2.75) is 11.3 Å². The second-order valence-corrected chi connectivity index (χ2v) is 6.84. The minimum absolute atomic E-state index is 0.663. The lowest BCUT2D eigenvalue weighted by molar-refractivity contribution is 1.05. The smallest absolute Gasteiger partial charge is 0.0992 e. The van der Waals surface area contributed by atoms with Gasteiger partial charge >= 0.3 is 0 Å². The molecular weight excluding hydrogens is 326 g/mol. The van der Waals surface area contributed by atoms with Gasteiger partial charge in [0.1, 0.15) is 0 Å². The highest BCUT2D eigenvalue weighted by Gasteiger charge is 2.21. The Kier molecular flexibility index (Phi) is 3.60. The molecule has 0 unspecified atom stereocenters. The number of aromatic nitrogens is 1. The predicted octanol–water partition coefficient (Wildman–Crippen LogP) is 4.83. The predicted molar refractivity (Wildman–Crippen MR) is 94.8 cm³/mol. The van der Waals surface area contributed by atoms with E-state index >= 15 is 0 Å². The minimum atomic E-state index is 0.663. The van der Waals surface area contributed by atoms with E-state index in [0.29, 0.717) is 10.6 Å². The van der Waals surface area contributed by atoms with Crippen LogP contribution in [0.5, 0.6) is 0 Å². The molecule has 112 valence electrons. The van der Waals surface area contributed by atoms with Crippen LogP contribution >= 0.6 is 23.5 Å². The third-order valence-corrected chi connectivity index (χ3v) is 5.40. The summed E-state index contributed by atoms with van der Waals surface area (Å²) in [6, 6.07) is 14.2. The number of hydrogen-bond donors (Lipinski definition) is 0. The highest BCUT2D eigenvalue weighted by molar-refractivity contribution is 8.00. The number of benzene rings is 2. The lowest BCUT2D eigenvalue weighted by Crippen LogP contribution is -2.10. The van der Waals surface area contributed by atoms with Gasteiger partial charge in [0.25, 0.3) is 0 Å². The molecule has 2 heterocycles. The number of rotatable bonds is 2. The molecule has 2 aromatic carbocycles. The van der Waals surface area contributed by atoms with Crippen molar-refractivity contribution in [3.63, 3.8) is 0 Å². The van der Waals surface area contributed by atoms with Crippen LogP contribution in [0, 0.1) is 11.3 Å². The fraction of sp³-hybridized carbons (Fsp3) is 0.111. The van der Waals surface area contributed by atoms with Gasteiger partial charge in [-0.25, -0.2) is 0 Å². The largest absolute Gasteiger partial charge is 0.311 e. The lowest BCUT2D eigenvalue weighted by atomic mass is 10.1. The summed E-state index contributed by atoms with van der Waals surface area (Å²) in [6.45, 7) is 0.925. The fourth-order valence-corrected chi connectivity index (χ4v) is 4.34. The molecule has 0 fully saturated rings. The lowest BCUT2D eigenvalue weighted by Gasteiger charge is -2.19. The molecule has 5 heteroatoms. The Morgan fingerprint density at radius 1 is 1.22 bits per heavy atom. The van der Waals surface area contributed by atoms with Crippen LogP contribution in [0.2, 0.25) is 5.02 Å². The second kappa shape index (κ2) is 5.77. The number of halogens is 1. The van der Waals surface area contributed by atoms with Gasteiger partial charge in [0.15, 0.2) is 0 Å². The van der Waals surface area contributed by atoms with Gasteiger partial charge in [-0.2, -0.15) is 5.26 Å². The molecule has 0 aliphatic carbocycles. The van der Waals surface area contributed by atoms with Crippen LogP contribution in [0.15, 0.2) is 53.7 Å². The van der Waals surface area contributed by atoms with Gasteiger partial charge in [0, 0.05) is 34.6 Å². The maximum atomic E-state index is 9.12. The van der Waals surface area contributed by atoms with E-state index in [1.165, 1.54) is 5.56 Å². The Balaban J connectivity index is 1.76. The summed E-state index contributed by atoms with van der Waals surface area (Å²) in [4.78, 5) is 5.26. The van der Waals surface area contributed by atoms with Crippen molar-refractivity contribution in [2.24, 2.45) is 0 Å². The SMILES string of the molecule is N#Cc1ccc2c(c1)N(Sc1cccc3cncc(Cl)c13)CC2. The van der Waals surface area contributed by atoms with Gasteiger partial charge < -0.3 is 4.31 Å². The highest BCUT2D eigenvalue weighted by atomic mass is 35.5. The fourth-order valence-electron chi connectivity index (χ4n) is 2.87. The van der Waals surface area contributed by atoms with Crippen molar-refractivity contribution in [1.29, 1.82) is 5.26 Å². The van der Waals surface area contributed by atoms with E-state index in [1.807, 2.05) is 30.5 Å². The molecule has 0 saturated heterocycles. The third-order valence-electron chi connectivity index (χ3n) is 3.97. The highest BCUT2D eigenvalue weighted by Crippen LogP contribution is 2.40. The Morgan fingerprint density at radius 3 is 3.00 bits per heavy atom. The summed E-state index contributed by atoms with van der Waals surface area (Å²) in [7, 11) is 0. The molecule has 0 N–H and O–H groups in total. The van der Waals surface area contributed by atoms with E-state index in [4.69, 9.17) is 16.9 Å². The monoisotopic (exact) mass is 337 g/mol. The van der Waals surface area contributed by atoms with Crippen LogP contribution in [0.3, 0.4) is 0 Å². The maximum Gasteiger partial charge on any atom is 0.0992 e. The van der Waals surface area contributed by atoms with E-state index in [2.05, 4.69) is 27.5 Å². The maximum absolute atomic E-state index is 9.12. The number of pyridine rings is 1. The molecule has 0 amide bonds. The van der Waals surface area contributed by atoms with E-state index in [9.17, 15) is 0 Å². The first-order valence-corrected chi connectivity index (χ1v) is 8.42. The minimum Gasteiger partial charge on any atom is -0.311 e. The molecule has 3 aromatic rings. The zero-order valence-corrected chi connectivity index (χ0v) is 13.7. The van der Waals surface area contributed by atoms with E-state index in [1.54, 1.807) is 18.1 Å². The van der Waals surface area contributed by atoms with E-state index in [0.717, 1.165) is 34.3 Å². The van der Waals surface area contributed by atoms with Crippen molar-refractivity contribution in [3.05, 3.63) is 64.9 Å². The van der Waals surface area contributed by atoms with Crippen LogP contribution in [-0.4, -0.2) is 11.5 Å². The molecule has 4 rings (SSSR count). The van der Waals surface area contributed by atoms with Crippen molar-refractivity contribution < 1.29 is 0 Å². The van der Waals surface area contributed by atoms with Crippen molar-refractivity contribution in [1.82, 2.24) is 4.98 Å². The summed E-state index contributed by atoms with van der Waals surface area (Å²) in [6.07, 6.45) is 4.50. The van der Waals surface area contributed by atoms with Crippen LogP contribution < -0.4 is 4.31 Å². The average molecular weight is 338 g/mol. The first-order chi connectivity index (χ1) is 11.3. The van der Waals surface area contributed by atoms with Crippen LogP contribution in [0.1, 0.15) is 11.1 Å². The van der Waals surface area contributed by atoms with Gasteiger partial charge in [0.2, 0.25) is 0 Å². The summed E-state index contributed by atoms with van der Waals surface area (Å²) in [5.41, 5.74) is 3.09. The first kappa shape index (κ1) is 14.4. The van der Waals surface area contributed by atoms with Crippen LogP contribution in [0.25, 0.3) is 10.8 Å². The summed E-state index contributed by atoms with van der Waals surface area (Å²) in [5, 5.41) is 11.8. The quantitative estimate of drug-likeness (QED) is 0.628. The molecule has 0 radical (unpaired) electrons. The first-order valence-electron chi connectivity index (χ1n) is 7.27.